The van der Waals surface area contributed by atoms with Gasteiger partial charge in [0.1, 0.15) is 0 Å². The van der Waals surface area contributed by atoms with Crippen molar-refractivity contribution in [3.05, 3.63) is 100.0 Å². The maximum Gasteiger partial charge on any atom is 0.350 e. The molecular formula is C22H18N2O4S. The van der Waals surface area contributed by atoms with Gasteiger partial charge in [-0.05, 0) is 55.3 Å². The smallest absolute Gasteiger partial charge is 0.268 e. The van der Waals surface area contributed by atoms with Crippen LogP contribution in [0.15, 0.2) is 82.5 Å². The van der Waals surface area contributed by atoms with Gasteiger partial charge in [-0.25, -0.2) is 17.8 Å². The van der Waals surface area contributed by atoms with Gasteiger partial charge in [0.2, 0.25) is 0 Å². The highest BCUT2D eigenvalue weighted by molar-refractivity contribution is 7.90. The Bertz CT molecular complexity index is 1430. The SMILES string of the molecule is Cc1cccc(S(=O)(=O)n2c(=O)n(C(=O)c3ccccc3C)c3ccccc32)c1. The van der Waals surface area contributed by atoms with Crippen molar-refractivity contribution in [1.29, 1.82) is 0 Å². The maximum absolute atomic E-state index is 13.3. The fraction of sp³-hybridized carbons (Fsp3) is 0.0909. The molecule has 0 fully saturated rings. The van der Waals surface area contributed by atoms with Gasteiger partial charge in [0, 0.05) is 5.56 Å². The van der Waals surface area contributed by atoms with Crippen LogP contribution in [-0.4, -0.2) is 22.9 Å². The molecule has 0 saturated heterocycles. The summed E-state index contributed by atoms with van der Waals surface area (Å²) < 4.78 is 28.2. The minimum atomic E-state index is -4.19. The first-order valence-electron chi connectivity index (χ1n) is 8.97. The lowest BCUT2D eigenvalue weighted by Crippen LogP contribution is -2.33. The van der Waals surface area contributed by atoms with Gasteiger partial charge < -0.3 is 0 Å². The van der Waals surface area contributed by atoms with Crippen LogP contribution in [0.25, 0.3) is 11.0 Å². The molecule has 7 heteroatoms. The van der Waals surface area contributed by atoms with Crippen LogP contribution in [-0.2, 0) is 10.0 Å². The number of carbonyl (C=O) groups excluding carboxylic acids is 1. The van der Waals surface area contributed by atoms with Crippen molar-refractivity contribution in [2.45, 2.75) is 18.7 Å². The molecule has 0 amide bonds. The third kappa shape index (κ3) is 3.00. The zero-order valence-electron chi connectivity index (χ0n) is 15.9. The third-order valence-electron chi connectivity index (χ3n) is 4.81. The van der Waals surface area contributed by atoms with E-state index in [1.807, 2.05) is 0 Å². The van der Waals surface area contributed by atoms with Gasteiger partial charge in [0.15, 0.2) is 0 Å². The highest BCUT2D eigenvalue weighted by Gasteiger charge is 2.28. The average Bonchev–Trinajstić information content (AvgIpc) is 3.00. The largest absolute Gasteiger partial charge is 0.350 e. The fourth-order valence-electron chi connectivity index (χ4n) is 3.36. The molecule has 4 aromatic rings. The minimum absolute atomic E-state index is 0.00848. The summed E-state index contributed by atoms with van der Waals surface area (Å²) in [5.74, 6) is -0.567. The molecule has 0 bridgehead atoms. The number of imidazole rings is 1. The van der Waals surface area contributed by atoms with Crippen LogP contribution in [0.3, 0.4) is 0 Å². The summed E-state index contributed by atoms with van der Waals surface area (Å²) in [6.07, 6.45) is 0. The van der Waals surface area contributed by atoms with Crippen LogP contribution in [0.1, 0.15) is 21.5 Å². The van der Waals surface area contributed by atoms with E-state index in [4.69, 9.17) is 0 Å². The predicted molar refractivity (Wildman–Crippen MR) is 111 cm³/mol. The summed E-state index contributed by atoms with van der Waals surface area (Å²) in [4.78, 5) is 26.4. The lowest BCUT2D eigenvalue weighted by atomic mass is 10.1. The second kappa shape index (κ2) is 6.86. The van der Waals surface area contributed by atoms with Gasteiger partial charge in [0.05, 0.1) is 15.9 Å². The van der Waals surface area contributed by atoms with Crippen LogP contribution < -0.4 is 5.69 Å². The molecule has 146 valence electrons. The normalized spacial score (nSPS) is 11.7. The summed E-state index contributed by atoms with van der Waals surface area (Å²) in [5.41, 5.74) is 1.26. The highest BCUT2D eigenvalue weighted by atomic mass is 32.2. The zero-order valence-corrected chi connectivity index (χ0v) is 16.7. The van der Waals surface area contributed by atoms with Crippen molar-refractivity contribution in [2.24, 2.45) is 0 Å². The Hall–Kier alpha value is -3.45. The number of benzene rings is 3. The van der Waals surface area contributed by atoms with Crippen LogP contribution in [0, 0.1) is 13.8 Å². The number of fused-ring (bicyclic) bond motifs is 1. The number of aromatic nitrogens is 2. The number of hydrogen-bond acceptors (Lipinski definition) is 4. The highest BCUT2D eigenvalue weighted by Crippen LogP contribution is 2.21. The van der Waals surface area contributed by atoms with Gasteiger partial charge in [-0.1, -0.05) is 42.5 Å². The first-order chi connectivity index (χ1) is 13.8. The number of hydrogen-bond donors (Lipinski definition) is 0. The van der Waals surface area contributed by atoms with E-state index in [0.717, 1.165) is 10.1 Å². The first kappa shape index (κ1) is 18.9. The second-order valence-corrected chi connectivity index (χ2v) is 8.60. The predicted octanol–water partition coefficient (Wildman–Crippen LogP) is 3.35. The molecule has 1 heterocycles. The molecule has 0 aliphatic heterocycles. The number of aryl methyl sites for hydroxylation is 2. The zero-order chi connectivity index (χ0) is 20.8. The summed E-state index contributed by atoms with van der Waals surface area (Å²) in [5, 5.41) is 0. The molecule has 4 rings (SSSR count). The summed E-state index contributed by atoms with van der Waals surface area (Å²) in [6, 6.07) is 19.6. The van der Waals surface area contributed by atoms with E-state index in [1.54, 1.807) is 68.4 Å². The third-order valence-corrected chi connectivity index (χ3v) is 6.50. The molecule has 0 aliphatic carbocycles. The van der Waals surface area contributed by atoms with E-state index in [-0.39, 0.29) is 15.9 Å². The minimum Gasteiger partial charge on any atom is -0.268 e. The quantitative estimate of drug-likeness (QED) is 0.523. The molecule has 3 aromatic carbocycles. The van der Waals surface area contributed by atoms with Gasteiger partial charge in [-0.3, -0.25) is 4.79 Å². The Labute approximate surface area is 167 Å². The van der Waals surface area contributed by atoms with Crippen LogP contribution >= 0.6 is 0 Å². The molecule has 0 aliphatic rings. The molecule has 0 radical (unpaired) electrons. The number of carbonyl (C=O) groups is 1. The number of rotatable bonds is 3. The molecule has 0 atom stereocenters. The standard InChI is InChI=1S/C22H18N2O4S/c1-15-8-7-10-17(14-15)29(27,28)24-20-13-6-5-12-19(20)23(22(24)26)21(25)18-11-4-3-9-16(18)2/h3-14H,1-2H3. The van der Waals surface area contributed by atoms with Crippen LogP contribution in [0.2, 0.25) is 0 Å². The lowest BCUT2D eigenvalue weighted by molar-refractivity contribution is 0.0960. The van der Waals surface area contributed by atoms with Gasteiger partial charge in [0.25, 0.3) is 15.9 Å². The molecule has 0 unspecified atom stereocenters. The Morgan fingerprint density at radius 2 is 1.48 bits per heavy atom. The van der Waals surface area contributed by atoms with Crippen molar-refractivity contribution in [1.82, 2.24) is 8.54 Å². The van der Waals surface area contributed by atoms with E-state index in [9.17, 15) is 18.0 Å². The number of para-hydroxylation sites is 2. The number of nitrogens with zero attached hydrogens (tertiary/aromatic N) is 2. The molecule has 1 aromatic heterocycles. The van der Waals surface area contributed by atoms with E-state index in [0.29, 0.717) is 15.1 Å². The lowest BCUT2D eigenvalue weighted by Gasteiger charge is -2.07. The molecule has 6 nitrogen and oxygen atoms in total. The topological polar surface area (TPSA) is 78.1 Å². The average molecular weight is 406 g/mol. The fourth-order valence-corrected chi connectivity index (χ4v) is 4.86. The Morgan fingerprint density at radius 1 is 0.828 bits per heavy atom. The van der Waals surface area contributed by atoms with E-state index >= 15 is 0 Å². The van der Waals surface area contributed by atoms with E-state index < -0.39 is 21.6 Å². The molecule has 0 saturated carbocycles. The molecular weight excluding hydrogens is 388 g/mol. The Kier molecular flexibility index (Phi) is 4.47. The van der Waals surface area contributed by atoms with Gasteiger partial charge in [-0.2, -0.15) is 3.97 Å². The molecule has 29 heavy (non-hydrogen) atoms. The van der Waals surface area contributed by atoms with Crippen LogP contribution in [0.5, 0.6) is 0 Å². The maximum atomic E-state index is 13.3. The Morgan fingerprint density at radius 3 is 2.17 bits per heavy atom. The first-order valence-corrected chi connectivity index (χ1v) is 10.4. The van der Waals surface area contributed by atoms with Crippen molar-refractivity contribution in [3.8, 4) is 0 Å². The monoisotopic (exact) mass is 406 g/mol. The summed E-state index contributed by atoms with van der Waals surface area (Å²) in [7, 11) is -4.19. The van der Waals surface area contributed by atoms with Crippen molar-refractivity contribution in [3.63, 3.8) is 0 Å². The van der Waals surface area contributed by atoms with Crippen LogP contribution in [0.4, 0.5) is 0 Å². The summed E-state index contributed by atoms with van der Waals surface area (Å²) >= 11 is 0. The van der Waals surface area contributed by atoms with Crippen molar-refractivity contribution in [2.75, 3.05) is 0 Å². The second-order valence-electron chi connectivity index (χ2n) is 6.81. The summed E-state index contributed by atoms with van der Waals surface area (Å²) in [6.45, 7) is 3.54. The van der Waals surface area contributed by atoms with E-state index in [2.05, 4.69) is 0 Å². The van der Waals surface area contributed by atoms with Crippen molar-refractivity contribution >= 4 is 27.0 Å². The van der Waals surface area contributed by atoms with Gasteiger partial charge in [-0.15, -0.1) is 0 Å². The van der Waals surface area contributed by atoms with E-state index in [1.165, 1.54) is 18.2 Å². The van der Waals surface area contributed by atoms with Crippen molar-refractivity contribution < 1.29 is 13.2 Å². The molecule has 0 spiro atoms. The molecule has 0 N–H and O–H groups in total. The Balaban J connectivity index is 2.04. The van der Waals surface area contributed by atoms with Gasteiger partial charge >= 0.3 is 5.69 Å².